The number of halogens is 5. The first-order chi connectivity index (χ1) is 9.45. The van der Waals surface area contributed by atoms with Crippen molar-refractivity contribution in [1.29, 1.82) is 0 Å². The van der Waals surface area contributed by atoms with Gasteiger partial charge in [-0.15, -0.1) is 0 Å². The van der Waals surface area contributed by atoms with E-state index in [1.807, 2.05) is 0 Å². The van der Waals surface area contributed by atoms with Gasteiger partial charge >= 0.3 is 0 Å². The van der Waals surface area contributed by atoms with Crippen molar-refractivity contribution in [1.82, 2.24) is 0 Å². The molecule has 6 heteroatoms. The molecule has 0 fully saturated rings. The molecule has 2 aromatic rings. The predicted octanol–water partition coefficient (Wildman–Crippen LogP) is 5.87. The van der Waals surface area contributed by atoms with Crippen molar-refractivity contribution in [2.45, 2.75) is 4.83 Å². The predicted molar refractivity (Wildman–Crippen MR) is 82.8 cm³/mol. The second-order valence-corrected chi connectivity index (χ2v) is 6.16. The quantitative estimate of drug-likeness (QED) is 0.558. The molecule has 0 aliphatic rings. The van der Waals surface area contributed by atoms with E-state index in [4.69, 9.17) is 16.3 Å². The van der Waals surface area contributed by atoms with Crippen LogP contribution in [-0.4, -0.2) is 7.11 Å². The van der Waals surface area contributed by atoms with Crippen LogP contribution < -0.4 is 4.74 Å². The molecule has 106 valence electrons. The molecule has 0 heterocycles. The minimum absolute atomic E-state index is 0.106. The zero-order valence-corrected chi connectivity index (χ0v) is 14.2. The minimum Gasteiger partial charge on any atom is -0.497 e. The van der Waals surface area contributed by atoms with Crippen molar-refractivity contribution < 1.29 is 13.5 Å². The SMILES string of the molecule is COc1cc(F)c(C(Br)c2cccc(Br)c2Cl)c(F)c1. The molecule has 2 rings (SSSR count). The summed E-state index contributed by atoms with van der Waals surface area (Å²) in [5.41, 5.74) is 0.467. The molecular weight excluding hydrogens is 417 g/mol. The number of hydrogen-bond acceptors (Lipinski definition) is 1. The topological polar surface area (TPSA) is 9.23 Å². The summed E-state index contributed by atoms with van der Waals surface area (Å²) >= 11 is 12.7. The van der Waals surface area contributed by atoms with Crippen LogP contribution in [0, 0.1) is 11.6 Å². The van der Waals surface area contributed by atoms with E-state index in [0.717, 1.165) is 12.1 Å². The normalized spacial score (nSPS) is 12.3. The van der Waals surface area contributed by atoms with Crippen LogP contribution in [0.3, 0.4) is 0 Å². The molecule has 1 unspecified atom stereocenters. The van der Waals surface area contributed by atoms with Crippen LogP contribution in [0.2, 0.25) is 5.02 Å². The zero-order valence-electron chi connectivity index (χ0n) is 10.3. The van der Waals surface area contributed by atoms with E-state index in [1.54, 1.807) is 18.2 Å². The second kappa shape index (κ2) is 6.41. The van der Waals surface area contributed by atoms with Crippen molar-refractivity contribution in [3.63, 3.8) is 0 Å². The molecule has 0 amide bonds. The number of alkyl halides is 1. The van der Waals surface area contributed by atoms with Gasteiger partial charge in [0.1, 0.15) is 17.4 Å². The summed E-state index contributed by atoms with van der Waals surface area (Å²) in [7, 11) is 1.35. The van der Waals surface area contributed by atoms with E-state index in [9.17, 15) is 8.78 Å². The van der Waals surface area contributed by atoms with Gasteiger partial charge in [0.25, 0.3) is 0 Å². The maximum atomic E-state index is 14.1. The van der Waals surface area contributed by atoms with Crippen molar-refractivity contribution in [2.75, 3.05) is 7.11 Å². The third kappa shape index (κ3) is 3.00. The van der Waals surface area contributed by atoms with Crippen molar-refractivity contribution >= 4 is 43.5 Å². The van der Waals surface area contributed by atoms with Crippen LogP contribution in [0.5, 0.6) is 5.75 Å². The van der Waals surface area contributed by atoms with Crippen LogP contribution in [0.25, 0.3) is 0 Å². The first-order valence-electron chi connectivity index (χ1n) is 5.56. The van der Waals surface area contributed by atoms with Crippen LogP contribution in [0.15, 0.2) is 34.8 Å². The van der Waals surface area contributed by atoms with E-state index in [0.29, 0.717) is 15.1 Å². The fourth-order valence-corrected chi connectivity index (χ4v) is 3.36. The summed E-state index contributed by atoms with van der Waals surface area (Å²) in [6, 6.07) is 7.48. The smallest absolute Gasteiger partial charge is 0.134 e. The van der Waals surface area contributed by atoms with Crippen molar-refractivity contribution in [3.8, 4) is 5.75 Å². The molecule has 20 heavy (non-hydrogen) atoms. The Bertz CT molecular complexity index is 626. The lowest BCUT2D eigenvalue weighted by atomic mass is 10.0. The Balaban J connectivity index is 2.54. The van der Waals surface area contributed by atoms with Gasteiger partial charge in [0.2, 0.25) is 0 Å². The second-order valence-electron chi connectivity index (χ2n) is 4.01. The van der Waals surface area contributed by atoms with Gasteiger partial charge in [-0.05, 0) is 27.6 Å². The number of methoxy groups -OCH3 is 1. The molecule has 0 saturated heterocycles. The monoisotopic (exact) mass is 424 g/mol. The molecule has 0 bridgehead atoms. The van der Waals surface area contributed by atoms with Crippen LogP contribution in [0.4, 0.5) is 8.78 Å². The standard InChI is InChI=1S/C14H9Br2ClF2O/c1-20-7-5-10(18)12(11(19)6-7)13(16)8-3-2-4-9(15)14(8)17/h2-6,13H,1H3. The van der Waals surface area contributed by atoms with Gasteiger partial charge in [-0.1, -0.05) is 39.7 Å². The molecule has 0 aromatic heterocycles. The average molecular weight is 426 g/mol. The van der Waals surface area contributed by atoms with E-state index < -0.39 is 16.5 Å². The summed E-state index contributed by atoms with van der Waals surface area (Å²) in [5.74, 6) is -1.26. The Morgan fingerprint density at radius 2 is 1.80 bits per heavy atom. The molecule has 0 aliphatic heterocycles. The summed E-state index contributed by atoms with van der Waals surface area (Å²) in [5, 5.41) is 0.406. The zero-order chi connectivity index (χ0) is 14.9. The fraction of sp³-hybridized carbons (Fsp3) is 0.143. The molecule has 2 aromatic carbocycles. The van der Waals surface area contributed by atoms with Gasteiger partial charge in [-0.3, -0.25) is 0 Å². The molecular formula is C14H9Br2ClF2O. The highest BCUT2D eigenvalue weighted by Crippen LogP contribution is 2.40. The molecule has 1 nitrogen and oxygen atoms in total. The van der Waals surface area contributed by atoms with Gasteiger partial charge in [-0.2, -0.15) is 0 Å². The van der Waals surface area contributed by atoms with Gasteiger partial charge < -0.3 is 4.74 Å². The maximum Gasteiger partial charge on any atom is 0.134 e. The van der Waals surface area contributed by atoms with Gasteiger partial charge in [0.15, 0.2) is 0 Å². The molecule has 1 atom stereocenters. The molecule has 0 aliphatic carbocycles. The summed E-state index contributed by atoms with van der Waals surface area (Å²) in [6.45, 7) is 0. The lowest BCUT2D eigenvalue weighted by molar-refractivity contribution is 0.405. The first-order valence-corrected chi connectivity index (χ1v) is 7.65. The minimum atomic E-state index is -0.696. The molecule has 0 N–H and O–H groups in total. The number of benzene rings is 2. The maximum absolute atomic E-state index is 14.1. The van der Waals surface area contributed by atoms with Gasteiger partial charge in [0.05, 0.1) is 17.0 Å². The Morgan fingerprint density at radius 3 is 2.35 bits per heavy atom. The summed E-state index contributed by atoms with van der Waals surface area (Å²) in [6.07, 6.45) is 0. The average Bonchev–Trinajstić information content (AvgIpc) is 2.40. The largest absolute Gasteiger partial charge is 0.497 e. The van der Waals surface area contributed by atoms with E-state index >= 15 is 0 Å². The van der Waals surface area contributed by atoms with Crippen LogP contribution in [-0.2, 0) is 0 Å². The number of hydrogen-bond donors (Lipinski definition) is 0. The fourth-order valence-electron chi connectivity index (χ4n) is 1.79. The highest BCUT2D eigenvalue weighted by molar-refractivity contribution is 9.10. The lowest BCUT2D eigenvalue weighted by Crippen LogP contribution is -2.02. The molecule has 0 saturated carbocycles. The summed E-state index contributed by atoms with van der Waals surface area (Å²) < 4.78 is 33.6. The highest BCUT2D eigenvalue weighted by atomic mass is 79.9. The molecule has 0 spiro atoms. The third-order valence-electron chi connectivity index (χ3n) is 2.80. The highest BCUT2D eigenvalue weighted by Gasteiger charge is 2.23. The Morgan fingerprint density at radius 1 is 1.20 bits per heavy atom. The third-order valence-corrected chi connectivity index (χ3v) is 5.06. The number of rotatable bonds is 3. The van der Waals surface area contributed by atoms with Crippen LogP contribution >= 0.6 is 43.5 Å². The van der Waals surface area contributed by atoms with Gasteiger partial charge in [-0.25, -0.2) is 8.78 Å². The van der Waals surface area contributed by atoms with Gasteiger partial charge in [0, 0.05) is 22.2 Å². The first kappa shape index (κ1) is 15.7. The van der Waals surface area contributed by atoms with Crippen molar-refractivity contribution in [3.05, 3.63) is 62.6 Å². The van der Waals surface area contributed by atoms with E-state index in [1.165, 1.54) is 7.11 Å². The van der Waals surface area contributed by atoms with E-state index in [2.05, 4.69) is 31.9 Å². The summed E-state index contributed by atoms with van der Waals surface area (Å²) in [4.78, 5) is -0.696. The number of ether oxygens (including phenoxy) is 1. The Hall–Kier alpha value is -0.650. The Labute approximate surface area is 137 Å². The van der Waals surface area contributed by atoms with Crippen LogP contribution in [0.1, 0.15) is 16.0 Å². The van der Waals surface area contributed by atoms with E-state index in [-0.39, 0.29) is 11.3 Å². The Kier molecular flexibility index (Phi) is 5.04. The van der Waals surface area contributed by atoms with Crippen molar-refractivity contribution in [2.24, 2.45) is 0 Å². The molecule has 0 radical (unpaired) electrons. The lowest BCUT2D eigenvalue weighted by Gasteiger charge is -2.16.